The van der Waals surface area contributed by atoms with Gasteiger partial charge in [-0.15, -0.1) is 0 Å². The third kappa shape index (κ3) is 4.10. The van der Waals surface area contributed by atoms with Crippen LogP contribution in [-0.2, 0) is 18.3 Å². The predicted molar refractivity (Wildman–Crippen MR) is 97.2 cm³/mol. The average molecular weight is 340 g/mol. The summed E-state index contributed by atoms with van der Waals surface area (Å²) in [6, 6.07) is 6.25. The van der Waals surface area contributed by atoms with E-state index in [0.717, 1.165) is 44.5 Å². The molecule has 2 fully saturated rings. The van der Waals surface area contributed by atoms with Crippen LogP contribution >= 0.6 is 0 Å². The predicted octanol–water partition coefficient (Wildman–Crippen LogP) is 2.77. The fraction of sp³-hybridized carbons (Fsp3) is 0.600. The minimum Gasteiger partial charge on any atom is -0.381 e. The van der Waals surface area contributed by atoms with Crippen LogP contribution in [0.5, 0.6) is 0 Å². The van der Waals surface area contributed by atoms with E-state index in [1.54, 1.807) is 0 Å². The van der Waals surface area contributed by atoms with Crippen LogP contribution in [-0.4, -0.2) is 46.0 Å². The molecule has 2 atom stereocenters. The van der Waals surface area contributed by atoms with Crippen LogP contribution in [0.4, 0.5) is 0 Å². The van der Waals surface area contributed by atoms with Crippen LogP contribution in [0.2, 0.25) is 0 Å². The van der Waals surface area contributed by atoms with E-state index in [1.165, 1.54) is 24.1 Å². The first-order valence-corrected chi connectivity index (χ1v) is 9.39. The van der Waals surface area contributed by atoms with Gasteiger partial charge in [-0.05, 0) is 37.8 Å². The van der Waals surface area contributed by atoms with Gasteiger partial charge in [0.15, 0.2) is 0 Å². The van der Waals surface area contributed by atoms with Gasteiger partial charge in [0.2, 0.25) is 0 Å². The third-order valence-corrected chi connectivity index (χ3v) is 5.48. The van der Waals surface area contributed by atoms with Crippen LogP contribution in [0.3, 0.4) is 0 Å². The molecule has 0 amide bonds. The van der Waals surface area contributed by atoms with Gasteiger partial charge in [0.25, 0.3) is 0 Å². The van der Waals surface area contributed by atoms with Crippen molar-refractivity contribution in [3.05, 3.63) is 47.5 Å². The lowest BCUT2D eigenvalue weighted by Crippen LogP contribution is -2.22. The molecule has 2 aromatic rings. The Kier molecular flexibility index (Phi) is 4.86. The van der Waals surface area contributed by atoms with Crippen LogP contribution in [0.1, 0.15) is 35.7 Å². The van der Waals surface area contributed by atoms with E-state index in [9.17, 15) is 0 Å². The molecule has 0 bridgehead atoms. The molecule has 0 unspecified atom stereocenters. The molecule has 5 nitrogen and oxygen atoms in total. The summed E-state index contributed by atoms with van der Waals surface area (Å²) >= 11 is 0. The van der Waals surface area contributed by atoms with Crippen LogP contribution < -0.4 is 0 Å². The quantitative estimate of drug-likeness (QED) is 0.777. The van der Waals surface area contributed by atoms with Crippen molar-refractivity contribution in [3.63, 3.8) is 0 Å². The first kappa shape index (κ1) is 16.7. The van der Waals surface area contributed by atoms with Crippen molar-refractivity contribution in [3.8, 4) is 0 Å². The zero-order valence-corrected chi connectivity index (χ0v) is 15.3. The van der Waals surface area contributed by atoms with Crippen molar-refractivity contribution < 1.29 is 4.74 Å². The molecule has 0 radical (unpaired) electrons. The fourth-order valence-corrected chi connectivity index (χ4v) is 3.90. The molecule has 1 aliphatic heterocycles. The second-order valence-electron chi connectivity index (χ2n) is 7.71. The molecule has 0 N–H and O–H groups in total. The van der Waals surface area contributed by atoms with Crippen molar-refractivity contribution in [2.45, 2.75) is 32.2 Å². The van der Waals surface area contributed by atoms with Gasteiger partial charge in [-0.2, -0.15) is 5.10 Å². The van der Waals surface area contributed by atoms with Gasteiger partial charge in [0.05, 0.1) is 12.3 Å². The SMILES string of the molecule is Cc1nn(C)cc1CN1C[C@@H](COCC2CC2)[C@H](c2ccccn2)C1. The van der Waals surface area contributed by atoms with Crippen LogP contribution in [0.15, 0.2) is 30.6 Å². The molecule has 2 aromatic heterocycles. The van der Waals surface area contributed by atoms with E-state index < -0.39 is 0 Å². The topological polar surface area (TPSA) is 43.2 Å². The van der Waals surface area contributed by atoms with Crippen molar-refractivity contribution in [2.75, 3.05) is 26.3 Å². The maximum Gasteiger partial charge on any atom is 0.0638 e. The number of nitrogens with zero attached hydrogens (tertiary/aromatic N) is 4. The van der Waals surface area contributed by atoms with Gasteiger partial charge in [-0.1, -0.05) is 6.07 Å². The van der Waals surface area contributed by atoms with Crippen LogP contribution in [0, 0.1) is 18.8 Å². The van der Waals surface area contributed by atoms with Gasteiger partial charge >= 0.3 is 0 Å². The zero-order chi connectivity index (χ0) is 17.2. The zero-order valence-electron chi connectivity index (χ0n) is 15.3. The maximum absolute atomic E-state index is 6.05. The number of likely N-dealkylation sites (tertiary alicyclic amines) is 1. The first-order valence-electron chi connectivity index (χ1n) is 9.39. The van der Waals surface area contributed by atoms with Crippen molar-refractivity contribution >= 4 is 0 Å². The second-order valence-corrected chi connectivity index (χ2v) is 7.71. The van der Waals surface area contributed by atoms with Crippen molar-refractivity contribution in [2.24, 2.45) is 18.9 Å². The molecule has 4 rings (SSSR count). The largest absolute Gasteiger partial charge is 0.381 e. The normalized spacial score (nSPS) is 24.1. The Morgan fingerprint density at radius 2 is 2.08 bits per heavy atom. The highest BCUT2D eigenvalue weighted by Crippen LogP contribution is 2.34. The van der Waals surface area contributed by atoms with Gasteiger partial charge in [0.1, 0.15) is 0 Å². The van der Waals surface area contributed by atoms with Gasteiger partial charge in [-0.3, -0.25) is 14.6 Å². The Bertz CT molecular complexity index is 695. The molecule has 0 aromatic carbocycles. The molecule has 134 valence electrons. The molecule has 1 saturated carbocycles. The summed E-state index contributed by atoms with van der Waals surface area (Å²) in [5.74, 6) is 1.80. The Hall–Kier alpha value is -1.72. The average Bonchev–Trinajstić information content (AvgIpc) is 3.26. The highest BCUT2D eigenvalue weighted by Gasteiger charge is 2.35. The summed E-state index contributed by atoms with van der Waals surface area (Å²) in [5, 5.41) is 4.48. The summed E-state index contributed by atoms with van der Waals surface area (Å²) in [7, 11) is 1.99. The van der Waals surface area contributed by atoms with E-state index in [1.807, 2.05) is 24.0 Å². The molecule has 0 spiro atoms. The standard InChI is InChI=1S/C20H28N4O/c1-15-17(9-23(2)22-15)10-24-11-18(14-25-13-16-6-7-16)19(12-24)20-5-3-4-8-21-20/h3-5,8-9,16,18-19H,6-7,10-14H2,1-2H3/t18-,19+/m0/s1. The maximum atomic E-state index is 6.05. The number of aromatic nitrogens is 3. The van der Waals surface area contributed by atoms with E-state index in [4.69, 9.17) is 4.74 Å². The Labute approximate surface area is 150 Å². The fourth-order valence-electron chi connectivity index (χ4n) is 3.90. The highest BCUT2D eigenvalue weighted by molar-refractivity contribution is 5.18. The minimum absolute atomic E-state index is 0.456. The number of ether oxygens (including phenoxy) is 1. The number of pyridine rings is 1. The van der Waals surface area contributed by atoms with Gasteiger partial charge < -0.3 is 4.74 Å². The number of aryl methyl sites for hydroxylation is 2. The summed E-state index contributed by atoms with van der Waals surface area (Å²) in [6.45, 7) is 6.95. The lowest BCUT2D eigenvalue weighted by Gasteiger charge is -2.17. The summed E-state index contributed by atoms with van der Waals surface area (Å²) in [5.41, 5.74) is 3.65. The van der Waals surface area contributed by atoms with Crippen LogP contribution in [0.25, 0.3) is 0 Å². The molecule has 1 aliphatic carbocycles. The third-order valence-electron chi connectivity index (χ3n) is 5.48. The van der Waals surface area contributed by atoms with Crippen molar-refractivity contribution in [1.82, 2.24) is 19.7 Å². The Morgan fingerprint density at radius 3 is 2.76 bits per heavy atom. The molecule has 5 heteroatoms. The first-order chi connectivity index (χ1) is 12.2. The number of hydrogen-bond acceptors (Lipinski definition) is 4. The van der Waals surface area contributed by atoms with E-state index >= 15 is 0 Å². The number of hydrogen-bond donors (Lipinski definition) is 0. The summed E-state index contributed by atoms with van der Waals surface area (Å²) in [4.78, 5) is 7.17. The monoisotopic (exact) mass is 340 g/mol. The molecule has 3 heterocycles. The molecular formula is C20H28N4O. The smallest absolute Gasteiger partial charge is 0.0638 e. The minimum atomic E-state index is 0.456. The highest BCUT2D eigenvalue weighted by atomic mass is 16.5. The molecule has 1 saturated heterocycles. The molecule has 25 heavy (non-hydrogen) atoms. The molecular weight excluding hydrogens is 312 g/mol. The molecule has 2 aliphatic rings. The van der Waals surface area contributed by atoms with E-state index in [2.05, 4.69) is 40.2 Å². The summed E-state index contributed by atoms with van der Waals surface area (Å²) in [6.07, 6.45) is 6.74. The lowest BCUT2D eigenvalue weighted by molar-refractivity contribution is 0.0884. The van der Waals surface area contributed by atoms with E-state index in [0.29, 0.717) is 11.8 Å². The Balaban J connectivity index is 1.44. The Morgan fingerprint density at radius 1 is 1.20 bits per heavy atom. The summed E-state index contributed by atoms with van der Waals surface area (Å²) < 4.78 is 7.96. The van der Waals surface area contributed by atoms with Crippen molar-refractivity contribution in [1.29, 1.82) is 0 Å². The van der Waals surface area contributed by atoms with E-state index in [-0.39, 0.29) is 0 Å². The lowest BCUT2D eigenvalue weighted by atomic mass is 9.93. The van der Waals surface area contributed by atoms with Gasteiger partial charge in [-0.25, -0.2) is 0 Å². The second kappa shape index (κ2) is 7.26. The number of rotatable bonds is 7. The van der Waals surface area contributed by atoms with Gasteiger partial charge in [0, 0.05) is 68.8 Å².